The third kappa shape index (κ3) is 6.11. The zero-order chi connectivity index (χ0) is 28.6. The molecule has 1 aliphatic heterocycles. The van der Waals surface area contributed by atoms with Gasteiger partial charge in [0.2, 0.25) is 0 Å². The highest BCUT2D eigenvalue weighted by Crippen LogP contribution is 2.42. The summed E-state index contributed by atoms with van der Waals surface area (Å²) >= 11 is 7.81. The summed E-state index contributed by atoms with van der Waals surface area (Å²) in [5, 5.41) is 4.07. The van der Waals surface area contributed by atoms with Gasteiger partial charge in [0.1, 0.15) is 18.4 Å². The smallest absolute Gasteiger partial charge is 0.406 e. The van der Waals surface area contributed by atoms with Gasteiger partial charge < -0.3 is 10.1 Å². The Morgan fingerprint density at radius 2 is 2.00 bits per heavy atom. The van der Waals surface area contributed by atoms with Crippen molar-refractivity contribution in [3.05, 3.63) is 79.0 Å². The summed E-state index contributed by atoms with van der Waals surface area (Å²) in [5.41, 5.74) is 1.47. The Kier molecular flexibility index (Phi) is 8.08. The van der Waals surface area contributed by atoms with E-state index in [1.807, 2.05) is 25.1 Å². The van der Waals surface area contributed by atoms with Gasteiger partial charge in [-0.3, -0.25) is 18.9 Å². The van der Waals surface area contributed by atoms with Crippen molar-refractivity contribution in [1.29, 1.82) is 0 Å². The van der Waals surface area contributed by atoms with E-state index in [1.54, 1.807) is 12.3 Å². The fourth-order valence-electron chi connectivity index (χ4n) is 5.09. The number of hydrogen-bond acceptors (Lipinski definition) is 6. The molecule has 2 atom stereocenters. The Hall–Kier alpha value is -3.15. The fourth-order valence-corrected chi connectivity index (χ4v) is 6.49. The van der Waals surface area contributed by atoms with Crippen molar-refractivity contribution in [3.8, 4) is 16.9 Å². The number of nitrogens with one attached hydrogen (secondary N) is 1. The minimum Gasteiger partial charge on any atom is -0.489 e. The van der Waals surface area contributed by atoms with Gasteiger partial charge in [0.05, 0.1) is 16.8 Å². The first-order chi connectivity index (χ1) is 19.0. The summed E-state index contributed by atoms with van der Waals surface area (Å²) in [6.45, 7) is 3.33. The Bertz CT molecular complexity index is 1660. The molecule has 0 saturated carbocycles. The molecule has 4 aromatic rings. The number of rotatable bonds is 7. The summed E-state index contributed by atoms with van der Waals surface area (Å²) < 4.78 is 47.5. The molecule has 1 saturated heterocycles. The van der Waals surface area contributed by atoms with Crippen LogP contribution >= 0.6 is 22.9 Å². The summed E-state index contributed by atoms with van der Waals surface area (Å²) in [6, 6.07) is 8.69. The number of piperidine rings is 1. The maximum Gasteiger partial charge on any atom is 0.406 e. The first kappa shape index (κ1) is 28.4. The van der Waals surface area contributed by atoms with Crippen LogP contribution in [0.3, 0.4) is 0 Å². The fraction of sp³-hybridized carbons (Fsp3) is 0.393. The number of aromatic nitrogens is 3. The zero-order valence-corrected chi connectivity index (χ0v) is 23.5. The number of benzene rings is 1. The predicted octanol–water partition coefficient (Wildman–Crippen LogP) is 5.77. The molecule has 1 aliphatic rings. The van der Waals surface area contributed by atoms with Crippen molar-refractivity contribution < 1.29 is 17.9 Å². The first-order valence-corrected chi connectivity index (χ1v) is 14.2. The number of alkyl halides is 3. The largest absolute Gasteiger partial charge is 0.489 e. The van der Waals surface area contributed by atoms with Crippen LogP contribution in [0.25, 0.3) is 21.3 Å². The Morgan fingerprint density at radius 1 is 1.20 bits per heavy atom. The molecule has 1 N–H and O–H groups in total. The minimum atomic E-state index is -4.59. The molecule has 0 unspecified atom stereocenters. The van der Waals surface area contributed by atoms with Crippen molar-refractivity contribution in [2.24, 2.45) is 0 Å². The van der Waals surface area contributed by atoms with Gasteiger partial charge in [0.15, 0.2) is 0 Å². The quantitative estimate of drug-likeness (QED) is 0.295. The number of fused-ring (bicyclic) bond motifs is 1. The molecule has 7 nitrogen and oxygen atoms in total. The van der Waals surface area contributed by atoms with Crippen LogP contribution in [-0.4, -0.2) is 39.0 Å². The number of ether oxygens (including phenoxy) is 1. The maximum absolute atomic E-state index is 12.9. The van der Waals surface area contributed by atoms with Gasteiger partial charge in [0, 0.05) is 45.5 Å². The number of aryl methyl sites for hydroxylation is 1. The van der Waals surface area contributed by atoms with Gasteiger partial charge in [0.25, 0.3) is 5.56 Å². The number of halogens is 4. The highest BCUT2D eigenvalue weighted by atomic mass is 35.5. The molecular weight excluding hydrogens is 565 g/mol. The number of nitrogens with zero attached hydrogens (tertiary/aromatic N) is 3. The molecule has 0 aliphatic carbocycles. The first-order valence-electron chi connectivity index (χ1n) is 13.0. The van der Waals surface area contributed by atoms with E-state index in [2.05, 4.69) is 17.2 Å². The summed E-state index contributed by atoms with van der Waals surface area (Å²) in [4.78, 5) is 30.2. The third-order valence-corrected chi connectivity index (χ3v) is 8.38. The minimum absolute atomic E-state index is 0.0462. The van der Waals surface area contributed by atoms with E-state index in [-0.39, 0.29) is 12.6 Å². The SMILES string of the molecule is CC[C@@H]1C[C@H](Oc2c(C)cc(Cl)cc2-c2ccnc3cc(Cn4c(=O)ccn(CC(F)(F)F)c4=O)sc23)CCN1. The zero-order valence-electron chi connectivity index (χ0n) is 21.9. The second kappa shape index (κ2) is 11.4. The summed E-state index contributed by atoms with van der Waals surface area (Å²) in [7, 11) is 0. The molecule has 3 aromatic heterocycles. The van der Waals surface area contributed by atoms with Crippen molar-refractivity contribution in [3.63, 3.8) is 0 Å². The number of thiophene rings is 1. The van der Waals surface area contributed by atoms with Crippen molar-refractivity contribution in [2.75, 3.05) is 6.54 Å². The lowest BCUT2D eigenvalue weighted by atomic mass is 9.98. The van der Waals surface area contributed by atoms with Gasteiger partial charge >= 0.3 is 11.9 Å². The molecule has 5 rings (SSSR count). The molecule has 0 bridgehead atoms. The average molecular weight is 593 g/mol. The molecule has 4 heterocycles. The molecule has 1 fully saturated rings. The van der Waals surface area contributed by atoms with Crippen molar-refractivity contribution >= 4 is 33.2 Å². The van der Waals surface area contributed by atoms with Crippen LogP contribution in [0.15, 0.2) is 52.3 Å². The molecule has 212 valence electrons. The predicted molar refractivity (Wildman–Crippen MR) is 151 cm³/mol. The Balaban J connectivity index is 1.53. The van der Waals surface area contributed by atoms with Crippen LogP contribution in [0.1, 0.15) is 36.6 Å². The van der Waals surface area contributed by atoms with Gasteiger partial charge in [-0.05, 0) is 62.6 Å². The molecule has 12 heteroatoms. The van der Waals surface area contributed by atoms with Crippen LogP contribution in [0.2, 0.25) is 5.02 Å². The third-order valence-electron chi connectivity index (χ3n) is 7.02. The van der Waals surface area contributed by atoms with Gasteiger partial charge in [-0.2, -0.15) is 13.2 Å². The van der Waals surface area contributed by atoms with E-state index >= 15 is 0 Å². The van der Waals surface area contributed by atoms with Gasteiger partial charge in [-0.1, -0.05) is 18.5 Å². The van der Waals surface area contributed by atoms with Crippen LogP contribution in [-0.2, 0) is 13.1 Å². The number of hydrogen-bond donors (Lipinski definition) is 1. The van der Waals surface area contributed by atoms with Gasteiger partial charge in [-0.15, -0.1) is 11.3 Å². The van der Waals surface area contributed by atoms with Crippen molar-refractivity contribution in [2.45, 2.75) is 64.5 Å². The van der Waals surface area contributed by atoms with E-state index in [0.29, 0.717) is 26.0 Å². The lowest BCUT2D eigenvalue weighted by Gasteiger charge is -2.31. The molecule has 1 aromatic carbocycles. The Labute approximate surface area is 237 Å². The van der Waals surface area contributed by atoms with Crippen LogP contribution < -0.4 is 21.3 Å². The normalized spacial score (nSPS) is 17.9. The van der Waals surface area contributed by atoms with E-state index in [9.17, 15) is 22.8 Å². The maximum atomic E-state index is 12.9. The topological polar surface area (TPSA) is 78.2 Å². The average Bonchev–Trinajstić information content (AvgIpc) is 3.32. The second-order valence-electron chi connectivity index (χ2n) is 9.97. The Morgan fingerprint density at radius 3 is 2.75 bits per heavy atom. The van der Waals surface area contributed by atoms with Crippen LogP contribution in [0, 0.1) is 6.92 Å². The van der Waals surface area contributed by atoms with E-state index in [1.165, 1.54) is 11.3 Å². The monoisotopic (exact) mass is 592 g/mol. The highest BCUT2D eigenvalue weighted by molar-refractivity contribution is 7.19. The van der Waals surface area contributed by atoms with Crippen LogP contribution in [0.5, 0.6) is 5.75 Å². The lowest BCUT2D eigenvalue weighted by Crippen LogP contribution is -2.42. The highest BCUT2D eigenvalue weighted by Gasteiger charge is 2.29. The molecule has 40 heavy (non-hydrogen) atoms. The molecule has 0 spiro atoms. The lowest BCUT2D eigenvalue weighted by molar-refractivity contribution is -0.141. The summed E-state index contributed by atoms with van der Waals surface area (Å²) in [6.07, 6.45) is 0.772. The molecule has 0 amide bonds. The van der Waals surface area contributed by atoms with Crippen LogP contribution in [0.4, 0.5) is 13.2 Å². The molecular formula is C28H28ClF3N4O3S. The van der Waals surface area contributed by atoms with Gasteiger partial charge in [-0.25, -0.2) is 4.79 Å². The van der Waals surface area contributed by atoms with E-state index in [4.69, 9.17) is 16.3 Å². The standard InChI is InChI=1S/C28H28ClF3N4O3S/c1-3-18-12-19(4-7-33-18)39-25-16(2)10-17(29)11-22(25)21-5-8-34-23-13-20(40-26(21)23)14-36-24(37)6-9-35(27(36)38)15-28(30,31)32/h5-6,8-11,13,18-19,33H,3-4,7,12,14-15H2,1-2H3/t18-,19-/m1/s1. The second-order valence-corrected chi connectivity index (χ2v) is 11.5. The number of pyridine rings is 1. The molecule has 0 radical (unpaired) electrons. The van der Waals surface area contributed by atoms with E-state index < -0.39 is 24.0 Å². The van der Waals surface area contributed by atoms with Crippen molar-refractivity contribution in [1.82, 2.24) is 19.4 Å². The van der Waals surface area contributed by atoms with E-state index in [0.717, 1.165) is 69.8 Å². The summed E-state index contributed by atoms with van der Waals surface area (Å²) in [5.74, 6) is 0.739.